The summed E-state index contributed by atoms with van der Waals surface area (Å²) < 4.78 is 0. The van der Waals surface area contributed by atoms with Gasteiger partial charge in [0.2, 0.25) is 0 Å². The van der Waals surface area contributed by atoms with Crippen LogP contribution in [0.3, 0.4) is 0 Å². The van der Waals surface area contributed by atoms with Crippen LogP contribution in [0.15, 0.2) is 18.3 Å². The lowest BCUT2D eigenvalue weighted by Crippen LogP contribution is -2.33. The zero-order valence-corrected chi connectivity index (χ0v) is 12.0. The van der Waals surface area contributed by atoms with Gasteiger partial charge in [0.25, 0.3) is 0 Å². The molecule has 1 aromatic rings. The maximum atomic E-state index is 4.56. The summed E-state index contributed by atoms with van der Waals surface area (Å²) in [6, 6.07) is 5.21. The summed E-state index contributed by atoms with van der Waals surface area (Å²) in [5.41, 5.74) is 1.31. The summed E-state index contributed by atoms with van der Waals surface area (Å²) >= 11 is 0. The molecule has 1 unspecified atom stereocenters. The molecule has 1 aliphatic rings. The Morgan fingerprint density at radius 2 is 2.11 bits per heavy atom. The maximum absolute atomic E-state index is 4.56. The van der Waals surface area contributed by atoms with E-state index < -0.39 is 0 Å². The molecule has 1 atom stereocenters. The second-order valence-corrected chi connectivity index (χ2v) is 5.65. The topological polar surface area (TPSA) is 28.2 Å². The van der Waals surface area contributed by atoms with Gasteiger partial charge in [-0.15, -0.1) is 0 Å². The van der Waals surface area contributed by atoms with Crippen molar-refractivity contribution in [2.24, 2.45) is 5.92 Å². The molecule has 2 rings (SSSR count). The number of hydrogen-bond acceptors (Lipinski definition) is 3. The van der Waals surface area contributed by atoms with Gasteiger partial charge in [0.05, 0.1) is 0 Å². The molecule has 0 aliphatic heterocycles. The molecule has 0 saturated heterocycles. The Kier molecular flexibility index (Phi) is 4.23. The SMILES string of the molecule is CNC(C)c1ccnc(N(CC2CC2)C(C)C)c1. The number of aromatic nitrogens is 1. The van der Waals surface area contributed by atoms with Crippen molar-refractivity contribution in [2.75, 3.05) is 18.5 Å². The minimum atomic E-state index is 0.377. The quantitative estimate of drug-likeness (QED) is 0.837. The van der Waals surface area contributed by atoms with Crippen molar-refractivity contribution in [1.82, 2.24) is 10.3 Å². The van der Waals surface area contributed by atoms with E-state index in [0.717, 1.165) is 18.3 Å². The van der Waals surface area contributed by atoms with Gasteiger partial charge in [-0.05, 0) is 64.3 Å². The molecule has 100 valence electrons. The van der Waals surface area contributed by atoms with Crippen LogP contribution in [0.5, 0.6) is 0 Å². The van der Waals surface area contributed by atoms with Crippen LogP contribution in [0, 0.1) is 5.92 Å². The zero-order valence-electron chi connectivity index (χ0n) is 12.0. The second kappa shape index (κ2) is 5.70. The van der Waals surface area contributed by atoms with Gasteiger partial charge in [0.1, 0.15) is 5.82 Å². The highest BCUT2D eigenvalue weighted by Gasteiger charge is 2.26. The standard InChI is InChI=1S/C15H25N3/c1-11(2)18(10-13-5-6-13)15-9-14(7-8-17-15)12(3)16-4/h7-9,11-13,16H,5-6,10H2,1-4H3. The van der Waals surface area contributed by atoms with Crippen LogP contribution >= 0.6 is 0 Å². The fourth-order valence-corrected chi connectivity index (χ4v) is 2.17. The summed E-state index contributed by atoms with van der Waals surface area (Å²) in [5, 5.41) is 3.28. The number of rotatable bonds is 6. The average Bonchev–Trinajstić information content (AvgIpc) is 3.18. The first kappa shape index (κ1) is 13.3. The third kappa shape index (κ3) is 3.22. The van der Waals surface area contributed by atoms with Gasteiger partial charge < -0.3 is 10.2 Å². The lowest BCUT2D eigenvalue weighted by Gasteiger charge is -2.28. The number of hydrogen-bond donors (Lipinski definition) is 1. The largest absolute Gasteiger partial charge is 0.354 e. The van der Waals surface area contributed by atoms with Crippen LogP contribution in [0.25, 0.3) is 0 Å². The monoisotopic (exact) mass is 247 g/mol. The molecule has 1 fully saturated rings. The van der Waals surface area contributed by atoms with Crippen LogP contribution in [-0.4, -0.2) is 24.6 Å². The Morgan fingerprint density at radius 1 is 1.39 bits per heavy atom. The van der Waals surface area contributed by atoms with E-state index in [9.17, 15) is 0 Å². The second-order valence-electron chi connectivity index (χ2n) is 5.65. The molecule has 1 aliphatic carbocycles. The summed E-state index contributed by atoms with van der Waals surface area (Å²) in [6.45, 7) is 7.83. The number of anilines is 1. The molecule has 3 heteroatoms. The van der Waals surface area contributed by atoms with Crippen LogP contribution in [-0.2, 0) is 0 Å². The summed E-state index contributed by atoms with van der Waals surface area (Å²) in [4.78, 5) is 6.99. The lowest BCUT2D eigenvalue weighted by molar-refractivity contribution is 0.628. The highest BCUT2D eigenvalue weighted by molar-refractivity contribution is 5.43. The average molecular weight is 247 g/mol. The van der Waals surface area contributed by atoms with E-state index in [0.29, 0.717) is 12.1 Å². The molecular formula is C15H25N3. The Bertz CT molecular complexity index is 385. The summed E-state index contributed by atoms with van der Waals surface area (Å²) in [5.74, 6) is 2.01. The molecule has 3 nitrogen and oxygen atoms in total. The normalized spacial score (nSPS) is 16.9. The highest BCUT2D eigenvalue weighted by Crippen LogP contribution is 2.32. The molecule has 1 heterocycles. The van der Waals surface area contributed by atoms with Crippen LogP contribution in [0.4, 0.5) is 5.82 Å². The fraction of sp³-hybridized carbons (Fsp3) is 0.667. The molecule has 0 radical (unpaired) electrons. The Labute approximate surface area is 111 Å². The third-order valence-electron chi connectivity index (χ3n) is 3.77. The lowest BCUT2D eigenvalue weighted by atomic mass is 10.1. The third-order valence-corrected chi connectivity index (χ3v) is 3.77. The molecule has 0 amide bonds. The van der Waals surface area contributed by atoms with E-state index in [1.807, 2.05) is 13.2 Å². The molecular weight excluding hydrogens is 222 g/mol. The Balaban J connectivity index is 2.17. The Hall–Kier alpha value is -1.09. The predicted octanol–water partition coefficient (Wildman–Crippen LogP) is 2.99. The first-order valence-electron chi connectivity index (χ1n) is 7.01. The van der Waals surface area contributed by atoms with Gasteiger partial charge in [-0.25, -0.2) is 4.98 Å². The number of nitrogens with zero attached hydrogens (tertiary/aromatic N) is 2. The minimum absolute atomic E-state index is 0.377. The molecule has 0 spiro atoms. The fourth-order valence-electron chi connectivity index (χ4n) is 2.17. The van der Waals surface area contributed by atoms with E-state index in [1.165, 1.54) is 18.4 Å². The summed E-state index contributed by atoms with van der Waals surface area (Å²) in [6.07, 6.45) is 4.70. The van der Waals surface area contributed by atoms with Gasteiger partial charge in [0, 0.05) is 24.8 Å². The van der Waals surface area contributed by atoms with Crippen molar-refractivity contribution < 1.29 is 0 Å². The molecule has 0 bridgehead atoms. The van der Waals surface area contributed by atoms with Crippen molar-refractivity contribution in [3.8, 4) is 0 Å². The van der Waals surface area contributed by atoms with Crippen molar-refractivity contribution in [2.45, 2.75) is 45.7 Å². The van der Waals surface area contributed by atoms with E-state index in [2.05, 4.69) is 48.1 Å². The van der Waals surface area contributed by atoms with Crippen molar-refractivity contribution in [1.29, 1.82) is 0 Å². The molecule has 0 aromatic carbocycles. The van der Waals surface area contributed by atoms with Gasteiger partial charge >= 0.3 is 0 Å². The maximum Gasteiger partial charge on any atom is 0.129 e. The summed E-state index contributed by atoms with van der Waals surface area (Å²) in [7, 11) is 2.00. The van der Waals surface area contributed by atoms with Gasteiger partial charge in [-0.1, -0.05) is 0 Å². The van der Waals surface area contributed by atoms with Crippen LogP contribution in [0.2, 0.25) is 0 Å². The van der Waals surface area contributed by atoms with Gasteiger partial charge in [0.15, 0.2) is 0 Å². The van der Waals surface area contributed by atoms with Crippen LogP contribution < -0.4 is 10.2 Å². The molecule has 18 heavy (non-hydrogen) atoms. The highest BCUT2D eigenvalue weighted by atomic mass is 15.2. The molecule has 1 aromatic heterocycles. The smallest absolute Gasteiger partial charge is 0.129 e. The number of nitrogens with one attached hydrogen (secondary N) is 1. The van der Waals surface area contributed by atoms with Gasteiger partial charge in [-0.3, -0.25) is 0 Å². The first-order chi connectivity index (χ1) is 8.61. The molecule has 1 saturated carbocycles. The predicted molar refractivity (Wildman–Crippen MR) is 76.9 cm³/mol. The van der Waals surface area contributed by atoms with Crippen molar-refractivity contribution in [3.05, 3.63) is 23.9 Å². The van der Waals surface area contributed by atoms with E-state index >= 15 is 0 Å². The minimum Gasteiger partial charge on any atom is -0.354 e. The van der Waals surface area contributed by atoms with E-state index in [-0.39, 0.29) is 0 Å². The first-order valence-corrected chi connectivity index (χ1v) is 7.01. The Morgan fingerprint density at radius 3 is 2.67 bits per heavy atom. The zero-order chi connectivity index (χ0) is 13.1. The van der Waals surface area contributed by atoms with Crippen molar-refractivity contribution >= 4 is 5.82 Å². The molecule has 1 N–H and O–H groups in total. The van der Waals surface area contributed by atoms with Gasteiger partial charge in [-0.2, -0.15) is 0 Å². The van der Waals surface area contributed by atoms with E-state index in [1.54, 1.807) is 0 Å². The van der Waals surface area contributed by atoms with Crippen LogP contribution in [0.1, 0.15) is 45.2 Å². The van der Waals surface area contributed by atoms with Crippen molar-refractivity contribution in [3.63, 3.8) is 0 Å². The van der Waals surface area contributed by atoms with E-state index in [4.69, 9.17) is 0 Å². The number of pyridine rings is 1.